The zero-order valence-electron chi connectivity index (χ0n) is 15.4. The lowest BCUT2D eigenvalue weighted by molar-refractivity contribution is -0.159. The van der Waals surface area contributed by atoms with Gasteiger partial charge >= 0.3 is 12.1 Å². The van der Waals surface area contributed by atoms with E-state index in [1.54, 1.807) is 0 Å². The smallest absolute Gasteiger partial charge is 0.413 e. The molecule has 1 aromatic rings. The van der Waals surface area contributed by atoms with E-state index in [2.05, 4.69) is 4.74 Å². The number of halogens is 1. The predicted molar refractivity (Wildman–Crippen MR) is 94.0 cm³/mol. The fraction of sp³-hybridized carbons (Fsp3) is 0.471. The van der Waals surface area contributed by atoms with Gasteiger partial charge in [0.05, 0.1) is 17.9 Å². The number of hydrogen-bond acceptors (Lipinski definition) is 7. The van der Waals surface area contributed by atoms with Gasteiger partial charge in [-0.25, -0.2) is 17.6 Å². The van der Waals surface area contributed by atoms with E-state index in [9.17, 15) is 27.2 Å². The Labute approximate surface area is 161 Å². The molecule has 1 fully saturated rings. The van der Waals surface area contributed by atoms with Crippen LogP contribution in [0.15, 0.2) is 29.2 Å². The summed E-state index contributed by atoms with van der Waals surface area (Å²) in [5, 5.41) is 1.90. The molecule has 2 amide bonds. The number of carbonyl (C=O) groups excluding carboxylic acids is 3. The van der Waals surface area contributed by atoms with Gasteiger partial charge in [-0.1, -0.05) is 0 Å². The lowest BCUT2D eigenvalue weighted by Crippen LogP contribution is -2.43. The molecular formula is C17H21FN2O7S. The van der Waals surface area contributed by atoms with Gasteiger partial charge in [-0.15, -0.1) is 0 Å². The molecule has 0 radical (unpaired) electrons. The number of sulfonamides is 1. The molecule has 1 saturated heterocycles. The molecule has 1 atom stereocenters. The van der Waals surface area contributed by atoms with E-state index in [1.165, 1.54) is 23.4 Å². The summed E-state index contributed by atoms with van der Waals surface area (Å²) in [6, 6.07) is 4.51. The summed E-state index contributed by atoms with van der Waals surface area (Å²) >= 11 is 0. The zero-order valence-corrected chi connectivity index (χ0v) is 16.2. The van der Waals surface area contributed by atoms with Crippen molar-refractivity contribution >= 4 is 28.0 Å². The largest absolute Gasteiger partial charge is 0.453 e. The number of carbonyl (C=O) groups is 3. The molecule has 0 unspecified atom stereocenters. The van der Waals surface area contributed by atoms with Crippen LogP contribution in [-0.2, 0) is 29.1 Å². The van der Waals surface area contributed by atoms with Crippen LogP contribution in [-0.4, -0.2) is 57.0 Å². The lowest BCUT2D eigenvalue weighted by Gasteiger charge is -2.30. The van der Waals surface area contributed by atoms with Crippen LogP contribution in [0.3, 0.4) is 0 Å². The topological polar surface area (TPSA) is 119 Å². The number of nitrogens with one attached hydrogen (secondary N) is 1. The van der Waals surface area contributed by atoms with E-state index in [0.717, 1.165) is 19.2 Å². The SMILES string of the molecule is COC(=O)NC(=O)[C@@H](C)OC(=O)C1CCN(S(=O)(=O)c2ccc(F)cc2)CC1. The second-order valence-electron chi connectivity index (χ2n) is 6.19. The number of ether oxygens (including phenoxy) is 2. The number of methoxy groups -OCH3 is 1. The summed E-state index contributed by atoms with van der Waals surface area (Å²) in [5.74, 6) is -2.58. The minimum absolute atomic E-state index is 0.0250. The Balaban J connectivity index is 1.90. The highest BCUT2D eigenvalue weighted by Gasteiger charge is 2.34. The van der Waals surface area contributed by atoms with E-state index in [1.807, 2.05) is 5.32 Å². The maximum atomic E-state index is 13.0. The number of piperidine rings is 1. The first kappa shape index (κ1) is 21.8. The predicted octanol–water partition coefficient (Wildman–Crippen LogP) is 1.04. The van der Waals surface area contributed by atoms with Crippen molar-refractivity contribution in [3.05, 3.63) is 30.1 Å². The summed E-state index contributed by atoms with van der Waals surface area (Å²) in [7, 11) is -2.69. The van der Waals surface area contributed by atoms with Gasteiger partial charge in [0.1, 0.15) is 5.82 Å². The van der Waals surface area contributed by atoms with Gasteiger partial charge in [-0.2, -0.15) is 4.31 Å². The van der Waals surface area contributed by atoms with E-state index in [4.69, 9.17) is 4.74 Å². The highest BCUT2D eigenvalue weighted by molar-refractivity contribution is 7.89. The van der Waals surface area contributed by atoms with Crippen molar-refractivity contribution in [2.75, 3.05) is 20.2 Å². The number of rotatable bonds is 5. The molecule has 2 rings (SSSR count). The number of imide groups is 1. The standard InChI is InChI=1S/C17H21FN2O7S/c1-11(15(21)19-17(23)26-2)27-16(22)12-7-9-20(10-8-12)28(24,25)14-5-3-13(18)4-6-14/h3-6,11-12H,7-10H2,1-2H3,(H,19,21,23)/t11-/m1/s1. The maximum Gasteiger partial charge on any atom is 0.413 e. The van der Waals surface area contributed by atoms with Gasteiger partial charge < -0.3 is 9.47 Å². The van der Waals surface area contributed by atoms with Gasteiger partial charge in [-0.3, -0.25) is 14.9 Å². The molecule has 28 heavy (non-hydrogen) atoms. The van der Waals surface area contributed by atoms with Crippen LogP contribution in [0.5, 0.6) is 0 Å². The van der Waals surface area contributed by atoms with Crippen LogP contribution in [0, 0.1) is 11.7 Å². The molecule has 1 heterocycles. The summed E-state index contributed by atoms with van der Waals surface area (Å²) < 4.78 is 48.7. The Morgan fingerprint density at radius 2 is 1.75 bits per heavy atom. The molecule has 0 spiro atoms. The molecule has 11 heteroatoms. The molecule has 9 nitrogen and oxygen atoms in total. The molecule has 0 saturated carbocycles. The number of nitrogens with zero attached hydrogens (tertiary/aromatic N) is 1. The number of esters is 1. The molecule has 0 aliphatic carbocycles. The highest BCUT2D eigenvalue weighted by Crippen LogP contribution is 2.25. The van der Waals surface area contributed by atoms with Crippen LogP contribution in [0.25, 0.3) is 0 Å². The number of alkyl carbamates (subject to hydrolysis) is 1. The van der Waals surface area contributed by atoms with Crippen LogP contribution >= 0.6 is 0 Å². The average Bonchev–Trinajstić information content (AvgIpc) is 2.68. The quantitative estimate of drug-likeness (QED) is 0.712. The molecular weight excluding hydrogens is 395 g/mol. The van der Waals surface area contributed by atoms with Gasteiger partial charge in [-0.05, 0) is 44.0 Å². The molecule has 0 aromatic heterocycles. The van der Waals surface area contributed by atoms with Gasteiger partial charge in [0, 0.05) is 13.1 Å². The Kier molecular flexibility index (Phi) is 7.08. The van der Waals surface area contributed by atoms with Crippen LogP contribution in [0.2, 0.25) is 0 Å². The number of amides is 2. The first-order chi connectivity index (χ1) is 13.1. The summed E-state index contributed by atoms with van der Waals surface area (Å²) in [5.41, 5.74) is 0. The van der Waals surface area contributed by atoms with Gasteiger partial charge in [0.25, 0.3) is 5.91 Å². The Morgan fingerprint density at radius 3 is 2.29 bits per heavy atom. The highest BCUT2D eigenvalue weighted by atomic mass is 32.2. The summed E-state index contributed by atoms with van der Waals surface area (Å²) in [4.78, 5) is 34.9. The monoisotopic (exact) mass is 416 g/mol. The third-order valence-electron chi connectivity index (χ3n) is 4.31. The fourth-order valence-corrected chi connectivity index (χ4v) is 4.13. The molecule has 1 aliphatic rings. The fourth-order valence-electron chi connectivity index (χ4n) is 2.66. The number of hydrogen-bond donors (Lipinski definition) is 1. The summed E-state index contributed by atoms with van der Waals surface area (Å²) in [6.07, 6.45) is -1.74. The van der Waals surface area contributed by atoms with Crippen molar-refractivity contribution in [3.63, 3.8) is 0 Å². The molecule has 1 aromatic carbocycles. The second kappa shape index (κ2) is 9.11. The first-order valence-corrected chi connectivity index (χ1v) is 9.94. The van der Waals surface area contributed by atoms with E-state index < -0.39 is 45.8 Å². The minimum atomic E-state index is -3.78. The Hall–Kier alpha value is -2.53. The second-order valence-corrected chi connectivity index (χ2v) is 8.13. The van der Waals surface area contributed by atoms with Gasteiger partial charge in [0.2, 0.25) is 10.0 Å². The van der Waals surface area contributed by atoms with E-state index in [0.29, 0.717) is 0 Å². The van der Waals surface area contributed by atoms with Gasteiger partial charge in [0.15, 0.2) is 6.10 Å². The minimum Gasteiger partial charge on any atom is -0.453 e. The zero-order chi connectivity index (χ0) is 20.9. The van der Waals surface area contributed by atoms with E-state index in [-0.39, 0.29) is 30.8 Å². The number of benzene rings is 1. The third-order valence-corrected chi connectivity index (χ3v) is 6.22. The van der Waals surface area contributed by atoms with Crippen molar-refractivity contribution in [2.45, 2.75) is 30.8 Å². The third kappa shape index (κ3) is 5.26. The molecule has 0 bridgehead atoms. The molecule has 1 aliphatic heterocycles. The average molecular weight is 416 g/mol. The van der Waals surface area contributed by atoms with Crippen molar-refractivity contribution in [3.8, 4) is 0 Å². The lowest BCUT2D eigenvalue weighted by atomic mass is 9.98. The summed E-state index contributed by atoms with van der Waals surface area (Å²) in [6.45, 7) is 1.48. The molecule has 154 valence electrons. The van der Waals surface area contributed by atoms with Crippen molar-refractivity contribution in [1.82, 2.24) is 9.62 Å². The van der Waals surface area contributed by atoms with Crippen molar-refractivity contribution in [2.24, 2.45) is 5.92 Å². The Bertz CT molecular complexity index is 834. The molecule has 1 N–H and O–H groups in total. The van der Waals surface area contributed by atoms with Crippen LogP contribution < -0.4 is 5.32 Å². The van der Waals surface area contributed by atoms with E-state index >= 15 is 0 Å². The maximum absolute atomic E-state index is 13.0. The van der Waals surface area contributed by atoms with Crippen LogP contribution in [0.1, 0.15) is 19.8 Å². The van der Waals surface area contributed by atoms with Crippen LogP contribution in [0.4, 0.5) is 9.18 Å². The Morgan fingerprint density at radius 1 is 1.18 bits per heavy atom. The van der Waals surface area contributed by atoms with Crippen molar-refractivity contribution in [1.29, 1.82) is 0 Å². The van der Waals surface area contributed by atoms with Crippen molar-refractivity contribution < 1.29 is 36.7 Å². The normalized spacial score (nSPS) is 16.8. The first-order valence-electron chi connectivity index (χ1n) is 8.50.